The number of primary amides is 2. The second-order valence-electron chi connectivity index (χ2n) is 27.2. The standard InChI is InChI=1S/C70H113N21O19S2/c1-39(2)26-50(67(105)85-47(61(73)99)19-25-111-9)87-68(106)52(28-44-30-74-37-79-44)83-57(96)32-78-70(108)60(40(3)4)90-62(100)41(5)81-66(104)51(27-43-29-76-46-15-11-10-14-45(43)46)88-65(103)49(17-18-55(72)94)86-64(102)48(16-12-13-20-71)82-59(98)35-110-24-23-109-22-21-75-56(95)31-77-63(101)54(36-112-38-80-42(6)93)89-69(107)53(34-92)84-58(97)33-91(7)8/h10-11,14-15,29-30,37,39-41,47-54,60,76,92H,12-13,16-28,31-36,38,71H2,1-9H3,(H2,72,94)(H2,73,99)(H,74,79)(H,75,95)(H,77,101)(H,78,108)(H,80,93)(H,81,104)(H,82,98)(H,83,96)(H,84,97)(H,85,105)(H,86,102)(H,87,106)(H,88,103)(H,89,107)(H,90,100)/t41-,47-,48-,49-,50-,51-,52-,53-,54-,60-/m0/s1. The smallest absolute Gasteiger partial charge is 0.246 e. The Kier molecular flexibility index (Phi) is 44.9. The second kappa shape index (κ2) is 52.3. The normalized spacial score (nSPS) is 13.9. The highest BCUT2D eigenvalue weighted by Crippen LogP contribution is 2.20. The Morgan fingerprint density at radius 2 is 1.17 bits per heavy atom. The molecule has 0 bridgehead atoms. The Balaban J connectivity index is 1.68. The van der Waals surface area contributed by atoms with E-state index in [4.69, 9.17) is 26.7 Å². The van der Waals surface area contributed by atoms with E-state index in [1.54, 1.807) is 63.3 Å². The molecule has 0 saturated heterocycles. The average Bonchev–Trinajstić information content (AvgIpc) is 1.65. The monoisotopic (exact) mass is 1620 g/mol. The molecule has 0 fully saturated rings. The van der Waals surface area contributed by atoms with Crippen LogP contribution in [0.3, 0.4) is 0 Å². The summed E-state index contributed by atoms with van der Waals surface area (Å²) in [6, 6.07) is -6.10. The lowest BCUT2D eigenvalue weighted by molar-refractivity contribution is -0.136. The molecule has 1 aromatic carbocycles. The van der Waals surface area contributed by atoms with Crippen LogP contribution in [0.15, 0.2) is 43.0 Å². The Labute approximate surface area is 658 Å². The second-order valence-corrected chi connectivity index (χ2v) is 29.2. The van der Waals surface area contributed by atoms with Crippen LogP contribution in [-0.2, 0) is 99.0 Å². The number of aliphatic hydroxyl groups excluding tert-OH is 1. The van der Waals surface area contributed by atoms with Crippen molar-refractivity contribution >= 4 is 129 Å². The van der Waals surface area contributed by atoms with E-state index in [1.807, 2.05) is 20.1 Å². The van der Waals surface area contributed by atoms with Gasteiger partial charge in [-0.2, -0.15) is 11.8 Å². The van der Waals surface area contributed by atoms with Crippen LogP contribution in [0.25, 0.3) is 10.9 Å². The van der Waals surface area contributed by atoms with Crippen molar-refractivity contribution in [2.24, 2.45) is 29.0 Å². The maximum absolute atomic E-state index is 14.5. The minimum absolute atomic E-state index is 0.0239. The first-order valence-corrected chi connectivity index (χ1v) is 39.1. The summed E-state index contributed by atoms with van der Waals surface area (Å²) >= 11 is 2.53. The number of nitrogens with zero attached hydrogens (tertiary/aromatic N) is 2. The number of nitrogens with two attached hydrogens (primary N) is 3. The Hall–Kier alpha value is -10.0. The topological polar surface area (TPSA) is 606 Å². The van der Waals surface area contributed by atoms with Crippen LogP contribution in [0.5, 0.6) is 0 Å². The van der Waals surface area contributed by atoms with Crippen LogP contribution < -0.4 is 91.6 Å². The molecule has 0 radical (unpaired) electrons. The van der Waals surface area contributed by atoms with Crippen molar-refractivity contribution < 1.29 is 91.3 Å². The van der Waals surface area contributed by atoms with E-state index in [1.165, 1.54) is 38.1 Å². The molecule has 2 heterocycles. The van der Waals surface area contributed by atoms with E-state index >= 15 is 0 Å². The number of hydrogen-bond acceptors (Lipinski definition) is 24. The molecule has 23 N–H and O–H groups in total. The van der Waals surface area contributed by atoms with Gasteiger partial charge in [-0.05, 0) is 102 Å². The number of aromatic nitrogens is 3. The van der Waals surface area contributed by atoms with Gasteiger partial charge < -0.3 is 121 Å². The van der Waals surface area contributed by atoms with E-state index in [0.29, 0.717) is 40.8 Å². The third-order valence-electron chi connectivity index (χ3n) is 16.5. The number of carbonyl (C=O) groups excluding carboxylic acids is 16. The minimum Gasteiger partial charge on any atom is -0.394 e. The molecular weight excluding hydrogens is 1500 g/mol. The lowest BCUT2D eigenvalue weighted by atomic mass is 10.0. The van der Waals surface area contributed by atoms with Crippen LogP contribution in [0, 0.1) is 11.8 Å². The number of H-pyrrole nitrogens is 2. The average molecular weight is 1620 g/mol. The van der Waals surface area contributed by atoms with E-state index in [9.17, 15) is 81.8 Å². The number of benzene rings is 1. The third kappa shape index (κ3) is 37.8. The fourth-order valence-electron chi connectivity index (χ4n) is 10.6. The number of aliphatic hydroxyl groups is 1. The highest BCUT2D eigenvalue weighted by molar-refractivity contribution is 7.99. The summed E-state index contributed by atoms with van der Waals surface area (Å²) in [4.78, 5) is 224. The van der Waals surface area contributed by atoms with Crippen LogP contribution >= 0.6 is 23.5 Å². The third-order valence-corrected chi connectivity index (χ3v) is 18.1. The van der Waals surface area contributed by atoms with Crippen molar-refractivity contribution in [2.45, 2.75) is 160 Å². The van der Waals surface area contributed by atoms with Gasteiger partial charge >= 0.3 is 0 Å². The maximum Gasteiger partial charge on any atom is 0.246 e. The number of aromatic amines is 2. The summed E-state index contributed by atoms with van der Waals surface area (Å²) in [7, 11) is 3.26. The number of fused-ring (bicyclic) bond motifs is 1. The highest BCUT2D eigenvalue weighted by atomic mass is 32.2. The van der Waals surface area contributed by atoms with Gasteiger partial charge in [-0.15, -0.1) is 11.8 Å². The highest BCUT2D eigenvalue weighted by Gasteiger charge is 2.36. The molecule has 0 aliphatic heterocycles. The largest absolute Gasteiger partial charge is 0.394 e. The maximum atomic E-state index is 14.5. The van der Waals surface area contributed by atoms with Crippen molar-refractivity contribution in [3.05, 3.63) is 54.2 Å². The van der Waals surface area contributed by atoms with Crippen LogP contribution in [-0.4, -0.2) is 283 Å². The first-order valence-electron chi connectivity index (χ1n) is 36.5. The van der Waals surface area contributed by atoms with Crippen molar-refractivity contribution in [3.63, 3.8) is 0 Å². The zero-order valence-corrected chi connectivity index (χ0v) is 66.4. The number of para-hydroxylation sites is 1. The first kappa shape index (κ1) is 96.2. The molecule has 0 spiro atoms. The molecule has 10 atom stereocenters. The van der Waals surface area contributed by atoms with Gasteiger partial charge in [0.05, 0.1) is 58.3 Å². The molecule has 0 saturated carbocycles. The van der Waals surface area contributed by atoms with Gasteiger partial charge in [0.15, 0.2) is 0 Å². The molecule has 3 aromatic rings. The predicted octanol–water partition coefficient (Wildman–Crippen LogP) is -6.36. The molecule has 0 unspecified atom stereocenters. The molecule has 16 amide bonds. The predicted molar refractivity (Wildman–Crippen MR) is 415 cm³/mol. The molecular formula is C70H113N21O19S2. The summed E-state index contributed by atoms with van der Waals surface area (Å²) in [5, 5.41) is 46.2. The zero-order valence-electron chi connectivity index (χ0n) is 64.8. The number of ether oxygens (including phenoxy) is 2. The van der Waals surface area contributed by atoms with Gasteiger partial charge in [0.25, 0.3) is 0 Å². The fraction of sp³-hybridized carbons (Fsp3) is 0.614. The van der Waals surface area contributed by atoms with Crippen molar-refractivity contribution in [1.29, 1.82) is 0 Å². The quantitative estimate of drug-likeness (QED) is 0.0185. The van der Waals surface area contributed by atoms with Crippen molar-refractivity contribution in [1.82, 2.24) is 94.3 Å². The Morgan fingerprint density at radius 3 is 1.80 bits per heavy atom. The number of hydrogen-bond donors (Lipinski definition) is 20. The SMILES string of the molecule is CSCC[C@H](NC(=O)[C@H](CC(C)C)NC(=O)[C@H](Cc1cnc[nH]1)NC(=O)CNC(=O)[C@@H](NC(=O)[C@H](C)NC(=O)[C@H](Cc1c[nH]c2ccccc12)NC(=O)[C@H](CCC(N)=O)NC(=O)[C@H](CCCCN)NC(=O)COCCOCCNC(=O)CNC(=O)[C@H](CSCNC(C)=O)NC(=O)[C@H](CO)NC(=O)CN(C)C)C(C)C)C(N)=O. The van der Waals surface area contributed by atoms with Gasteiger partial charge in [-0.3, -0.25) is 76.7 Å². The van der Waals surface area contributed by atoms with Crippen LogP contribution in [0.1, 0.15) is 97.7 Å². The van der Waals surface area contributed by atoms with E-state index in [2.05, 4.69) is 89.4 Å². The number of carbonyl (C=O) groups is 16. The van der Waals surface area contributed by atoms with Crippen molar-refractivity contribution in [2.75, 3.05) is 103 Å². The number of imidazole rings is 1. The molecule has 42 heteroatoms. The van der Waals surface area contributed by atoms with Gasteiger partial charge in [-0.25, -0.2) is 4.98 Å². The lowest BCUT2D eigenvalue weighted by Gasteiger charge is -2.27. The number of likely N-dealkylation sites (N-methyl/N-ethyl adjacent to an activating group) is 1. The fourth-order valence-corrected chi connectivity index (χ4v) is 12.0. The Bertz CT molecular complexity index is 3590. The van der Waals surface area contributed by atoms with E-state index in [-0.39, 0.29) is 101 Å². The molecule has 2 aromatic heterocycles. The Morgan fingerprint density at radius 1 is 0.580 bits per heavy atom. The minimum atomic E-state index is -1.55. The van der Waals surface area contributed by atoms with Gasteiger partial charge in [0.2, 0.25) is 94.5 Å². The van der Waals surface area contributed by atoms with Gasteiger partial charge in [-0.1, -0.05) is 45.9 Å². The summed E-state index contributed by atoms with van der Waals surface area (Å²) in [5.74, 6) is -12.4. The van der Waals surface area contributed by atoms with Crippen LogP contribution in [0.4, 0.5) is 0 Å². The molecule has 624 valence electrons. The lowest BCUT2D eigenvalue weighted by Crippen LogP contribution is -2.60. The van der Waals surface area contributed by atoms with Gasteiger partial charge in [0.1, 0.15) is 67.0 Å². The number of rotatable bonds is 56. The summed E-state index contributed by atoms with van der Waals surface area (Å²) in [6.07, 6.45) is 6.28. The van der Waals surface area contributed by atoms with E-state index < -0.39 is 188 Å². The first-order chi connectivity index (χ1) is 53.2. The number of thioether (sulfide) groups is 2. The zero-order chi connectivity index (χ0) is 83.4. The summed E-state index contributed by atoms with van der Waals surface area (Å²) in [6.45, 7) is 6.79. The molecule has 3 rings (SSSR count). The van der Waals surface area contributed by atoms with Gasteiger partial charge in [0, 0.05) is 67.5 Å². The molecule has 0 aliphatic rings. The number of unbranched alkanes of at least 4 members (excludes halogenated alkanes) is 1. The summed E-state index contributed by atoms with van der Waals surface area (Å²) < 4.78 is 11.0. The molecule has 112 heavy (non-hydrogen) atoms. The van der Waals surface area contributed by atoms with Crippen LogP contribution in [0.2, 0.25) is 0 Å². The van der Waals surface area contributed by atoms with E-state index in [0.717, 1.165) is 11.8 Å². The summed E-state index contributed by atoms with van der Waals surface area (Å²) in [5.41, 5.74) is 18.5. The number of amides is 16. The van der Waals surface area contributed by atoms with Crippen molar-refractivity contribution in [3.8, 4) is 0 Å². The molecule has 40 nitrogen and oxygen atoms in total. The molecule has 0 aliphatic carbocycles. The number of nitrogens with one attached hydrogen (secondary N) is 16.